The fourth-order valence-corrected chi connectivity index (χ4v) is 6.57. The molecule has 0 fully saturated rings. The van der Waals surface area contributed by atoms with Crippen molar-refractivity contribution in [3.05, 3.63) is 101 Å². The molecule has 7 nitrogen and oxygen atoms in total. The second-order valence-electron chi connectivity index (χ2n) is 10.9. The van der Waals surface area contributed by atoms with Gasteiger partial charge in [-0.1, -0.05) is 61.5 Å². The highest BCUT2D eigenvalue weighted by Crippen LogP contribution is 2.49. The monoisotopic (exact) mass is 613 g/mol. The number of thioether (sulfide) groups is 1. The number of carbonyl (C=O) groups is 2. The van der Waals surface area contributed by atoms with Gasteiger partial charge in [0.05, 0.1) is 14.2 Å². The standard InChI is InChI=1S/C36H39NO6S/c1-5-44-18-17-42-36(39)33-23(2)37-28-19-26(25-15-16-31(40-3)32(21-25)41-4)20-29(38)35(28)34(33)27-13-9-10-14-30(27)43-22-24-11-7-6-8-12-24/h6-16,21,26,33-34H,5,17-20,22H2,1-4H3/t26-,33?,34-/m1/s1. The number of allylic oxidation sites excluding steroid dienone is 2. The quantitative estimate of drug-likeness (QED) is 0.158. The summed E-state index contributed by atoms with van der Waals surface area (Å²) < 4.78 is 23.1. The van der Waals surface area contributed by atoms with Gasteiger partial charge in [-0.15, -0.1) is 0 Å². The average molecular weight is 614 g/mol. The number of benzene rings is 3. The molecule has 1 unspecified atom stereocenters. The van der Waals surface area contributed by atoms with Crippen molar-refractivity contribution < 1.29 is 28.5 Å². The minimum absolute atomic E-state index is 0.0236. The first-order valence-corrected chi connectivity index (χ1v) is 16.1. The van der Waals surface area contributed by atoms with E-state index in [1.54, 1.807) is 26.0 Å². The summed E-state index contributed by atoms with van der Waals surface area (Å²) in [6.45, 7) is 4.61. The zero-order chi connectivity index (χ0) is 31.1. The maximum atomic E-state index is 14.2. The Labute approximate surface area is 263 Å². The molecule has 230 valence electrons. The maximum absolute atomic E-state index is 14.2. The van der Waals surface area contributed by atoms with Crippen LogP contribution in [0, 0.1) is 5.92 Å². The fourth-order valence-electron chi connectivity index (χ4n) is 6.08. The first-order chi connectivity index (χ1) is 21.4. The van der Waals surface area contributed by atoms with Crippen molar-refractivity contribution in [2.45, 2.75) is 45.1 Å². The van der Waals surface area contributed by atoms with Crippen LogP contribution in [0.1, 0.15) is 55.2 Å². The van der Waals surface area contributed by atoms with E-state index in [-0.39, 0.29) is 17.7 Å². The van der Waals surface area contributed by atoms with Crippen molar-refractivity contribution in [2.24, 2.45) is 10.9 Å². The Morgan fingerprint density at radius 3 is 2.43 bits per heavy atom. The molecule has 3 aromatic rings. The van der Waals surface area contributed by atoms with E-state index < -0.39 is 11.8 Å². The lowest BCUT2D eigenvalue weighted by molar-refractivity contribution is -0.145. The van der Waals surface area contributed by atoms with Crippen LogP contribution in [-0.2, 0) is 20.9 Å². The predicted octanol–water partition coefficient (Wildman–Crippen LogP) is 7.15. The maximum Gasteiger partial charge on any atom is 0.315 e. The highest BCUT2D eigenvalue weighted by molar-refractivity contribution is 7.99. The second-order valence-corrected chi connectivity index (χ2v) is 12.3. The Kier molecular flexibility index (Phi) is 10.4. The highest BCUT2D eigenvalue weighted by atomic mass is 32.2. The number of hydrogen-bond donors (Lipinski definition) is 0. The number of nitrogens with zero attached hydrogens (tertiary/aromatic N) is 1. The molecular weight excluding hydrogens is 574 g/mol. The van der Waals surface area contributed by atoms with E-state index >= 15 is 0 Å². The van der Waals surface area contributed by atoms with Gasteiger partial charge >= 0.3 is 5.97 Å². The Bertz CT molecular complexity index is 1550. The molecule has 0 saturated carbocycles. The number of Topliss-reactive ketones (excluding diaryl/α,β-unsaturated/α-hetero) is 1. The number of esters is 1. The SMILES string of the molecule is CCSCCOC(=O)C1C(C)=NC2=C(C(=O)C[C@H](c3ccc(OC)c(OC)c3)C2)[C@@H]1c1ccccc1OCc1ccccc1. The summed E-state index contributed by atoms with van der Waals surface area (Å²) in [7, 11) is 3.20. The molecule has 1 aliphatic carbocycles. The van der Waals surface area contributed by atoms with Gasteiger partial charge < -0.3 is 18.9 Å². The Balaban J connectivity index is 1.53. The molecule has 1 heterocycles. The van der Waals surface area contributed by atoms with Gasteiger partial charge in [-0.05, 0) is 54.3 Å². The summed E-state index contributed by atoms with van der Waals surface area (Å²) in [6, 6.07) is 23.4. The summed E-state index contributed by atoms with van der Waals surface area (Å²) in [6.07, 6.45) is 0.855. The van der Waals surface area contributed by atoms with Crippen molar-refractivity contribution in [2.75, 3.05) is 32.3 Å². The van der Waals surface area contributed by atoms with Crippen LogP contribution in [0.25, 0.3) is 0 Å². The largest absolute Gasteiger partial charge is 0.493 e. The lowest BCUT2D eigenvalue weighted by Gasteiger charge is -2.37. The Morgan fingerprint density at radius 1 is 0.932 bits per heavy atom. The number of methoxy groups -OCH3 is 2. The first-order valence-electron chi connectivity index (χ1n) is 15.0. The number of hydrogen-bond acceptors (Lipinski definition) is 8. The lowest BCUT2D eigenvalue weighted by atomic mass is 9.69. The third-order valence-corrected chi connectivity index (χ3v) is 9.05. The van der Waals surface area contributed by atoms with Crippen molar-refractivity contribution >= 4 is 29.2 Å². The zero-order valence-electron chi connectivity index (χ0n) is 25.7. The highest BCUT2D eigenvalue weighted by Gasteiger charge is 2.45. The Hall–Kier alpha value is -4.04. The van der Waals surface area contributed by atoms with Crippen LogP contribution in [0.2, 0.25) is 0 Å². The van der Waals surface area contributed by atoms with Gasteiger partial charge in [-0.25, -0.2) is 0 Å². The van der Waals surface area contributed by atoms with Gasteiger partial charge in [0.25, 0.3) is 0 Å². The van der Waals surface area contributed by atoms with Crippen LogP contribution < -0.4 is 14.2 Å². The molecule has 44 heavy (non-hydrogen) atoms. The molecule has 0 radical (unpaired) electrons. The molecule has 5 rings (SSSR count). The first kappa shape index (κ1) is 31.4. The van der Waals surface area contributed by atoms with Gasteiger partial charge in [0, 0.05) is 40.6 Å². The molecule has 2 aliphatic rings. The molecule has 0 bridgehead atoms. The number of ether oxygens (including phenoxy) is 4. The Morgan fingerprint density at radius 2 is 1.68 bits per heavy atom. The van der Waals surface area contributed by atoms with Gasteiger partial charge in [0.1, 0.15) is 24.9 Å². The summed E-state index contributed by atoms with van der Waals surface area (Å²) in [5.41, 5.74) is 4.72. The molecule has 1 aliphatic heterocycles. The topological polar surface area (TPSA) is 83.4 Å². The molecule has 0 aromatic heterocycles. The smallest absolute Gasteiger partial charge is 0.315 e. The van der Waals surface area contributed by atoms with E-state index in [0.29, 0.717) is 66.0 Å². The minimum Gasteiger partial charge on any atom is -0.493 e. The van der Waals surface area contributed by atoms with E-state index in [1.807, 2.05) is 79.7 Å². The number of carbonyl (C=O) groups excluding carboxylic acids is 2. The molecular formula is C36H39NO6S. The summed E-state index contributed by atoms with van der Waals surface area (Å²) in [5.74, 6) is 1.77. The van der Waals surface area contributed by atoms with Crippen LogP contribution in [0.5, 0.6) is 17.2 Å². The third kappa shape index (κ3) is 6.86. The number of aliphatic imine (C=N–C) groups is 1. The predicted molar refractivity (Wildman–Crippen MR) is 174 cm³/mol. The van der Waals surface area contributed by atoms with E-state index in [0.717, 1.165) is 22.4 Å². The molecule has 0 N–H and O–H groups in total. The number of para-hydroxylation sites is 1. The normalized spacial score (nSPS) is 19.6. The van der Waals surface area contributed by atoms with Gasteiger partial charge in [-0.3, -0.25) is 14.6 Å². The molecule has 8 heteroatoms. The van der Waals surface area contributed by atoms with Crippen LogP contribution in [-0.4, -0.2) is 49.8 Å². The summed E-state index contributed by atoms with van der Waals surface area (Å²) in [4.78, 5) is 32.8. The molecule has 0 spiro atoms. The van der Waals surface area contributed by atoms with E-state index in [1.165, 1.54) is 0 Å². The fraction of sp³-hybridized carbons (Fsp3) is 0.361. The van der Waals surface area contributed by atoms with Crippen LogP contribution >= 0.6 is 11.8 Å². The summed E-state index contributed by atoms with van der Waals surface area (Å²) in [5, 5.41) is 0. The number of ketones is 1. The van der Waals surface area contributed by atoms with Crippen molar-refractivity contribution in [3.63, 3.8) is 0 Å². The van der Waals surface area contributed by atoms with Crippen LogP contribution in [0.3, 0.4) is 0 Å². The zero-order valence-corrected chi connectivity index (χ0v) is 26.5. The van der Waals surface area contributed by atoms with Gasteiger partial charge in [0.2, 0.25) is 0 Å². The minimum atomic E-state index is -0.733. The molecule has 0 saturated heterocycles. The second kappa shape index (κ2) is 14.6. The molecule has 3 aromatic carbocycles. The molecule has 3 atom stereocenters. The lowest BCUT2D eigenvalue weighted by Crippen LogP contribution is -2.38. The van der Waals surface area contributed by atoms with Crippen LogP contribution in [0.4, 0.5) is 0 Å². The van der Waals surface area contributed by atoms with Crippen molar-refractivity contribution in [3.8, 4) is 17.2 Å². The van der Waals surface area contributed by atoms with Crippen molar-refractivity contribution in [1.29, 1.82) is 0 Å². The van der Waals surface area contributed by atoms with E-state index in [2.05, 4.69) is 6.92 Å². The summed E-state index contributed by atoms with van der Waals surface area (Å²) >= 11 is 1.72. The third-order valence-electron chi connectivity index (χ3n) is 8.19. The molecule has 0 amide bonds. The van der Waals surface area contributed by atoms with E-state index in [9.17, 15) is 9.59 Å². The average Bonchev–Trinajstić information content (AvgIpc) is 3.05. The number of rotatable bonds is 12. The van der Waals surface area contributed by atoms with Gasteiger partial charge in [0.15, 0.2) is 17.3 Å². The van der Waals surface area contributed by atoms with Crippen molar-refractivity contribution in [1.82, 2.24) is 0 Å². The van der Waals surface area contributed by atoms with Gasteiger partial charge in [-0.2, -0.15) is 11.8 Å². The van der Waals surface area contributed by atoms with Crippen LogP contribution in [0.15, 0.2) is 89.1 Å². The van der Waals surface area contributed by atoms with E-state index in [4.69, 9.17) is 23.9 Å².